The highest BCUT2D eigenvalue weighted by molar-refractivity contribution is 14.1. The average Bonchev–Trinajstić information content (AvgIpc) is 2.83. The van der Waals surface area contributed by atoms with Gasteiger partial charge in [-0.15, -0.1) is 5.10 Å². The molecule has 19 heavy (non-hydrogen) atoms. The maximum atomic E-state index is 13.6. The van der Waals surface area contributed by atoms with Crippen LogP contribution < -0.4 is 0 Å². The van der Waals surface area contributed by atoms with E-state index in [-0.39, 0.29) is 18.0 Å². The van der Waals surface area contributed by atoms with Crippen LogP contribution in [-0.4, -0.2) is 28.0 Å². The average molecular weight is 440 g/mol. The molecule has 2 aromatic rings. The number of esters is 1. The summed E-state index contributed by atoms with van der Waals surface area (Å²) in [5.74, 6) is -1.03. The van der Waals surface area contributed by atoms with E-state index in [1.807, 2.05) is 22.6 Å². The van der Waals surface area contributed by atoms with Crippen molar-refractivity contribution in [1.29, 1.82) is 0 Å². The number of carbonyl (C=O) groups is 1. The Balaban J connectivity index is 2.51. The molecule has 0 saturated heterocycles. The molecule has 1 aromatic carbocycles. The van der Waals surface area contributed by atoms with E-state index in [0.717, 1.165) is 3.57 Å². The Hall–Kier alpha value is -1.03. The van der Waals surface area contributed by atoms with Crippen LogP contribution in [0.1, 0.15) is 17.4 Å². The third kappa shape index (κ3) is 2.94. The van der Waals surface area contributed by atoms with Crippen molar-refractivity contribution in [2.75, 3.05) is 6.61 Å². The summed E-state index contributed by atoms with van der Waals surface area (Å²) in [6, 6.07) is 2.90. The van der Waals surface area contributed by atoms with Gasteiger partial charge < -0.3 is 4.74 Å². The van der Waals surface area contributed by atoms with Crippen molar-refractivity contribution < 1.29 is 13.9 Å². The molecular formula is C11H8BrFIN3O2. The van der Waals surface area contributed by atoms with Crippen molar-refractivity contribution in [3.05, 3.63) is 31.7 Å². The molecule has 0 aliphatic heterocycles. The zero-order valence-electron chi connectivity index (χ0n) is 9.71. The number of nitrogens with one attached hydrogen (secondary N) is 1. The van der Waals surface area contributed by atoms with Gasteiger partial charge in [-0.25, -0.2) is 9.18 Å². The molecule has 1 heterocycles. The largest absolute Gasteiger partial charge is 0.461 e. The summed E-state index contributed by atoms with van der Waals surface area (Å²) >= 11 is 5.14. The summed E-state index contributed by atoms with van der Waals surface area (Å²) < 4.78 is 19.6. The van der Waals surface area contributed by atoms with Crippen molar-refractivity contribution in [3.63, 3.8) is 0 Å². The molecule has 0 atom stereocenters. The molecule has 8 heteroatoms. The van der Waals surface area contributed by atoms with Crippen LogP contribution in [0.15, 0.2) is 16.6 Å². The van der Waals surface area contributed by atoms with Crippen LogP contribution in [0.5, 0.6) is 0 Å². The van der Waals surface area contributed by atoms with Gasteiger partial charge in [-0.05, 0) is 57.6 Å². The number of aromatic nitrogens is 3. The zero-order chi connectivity index (χ0) is 14.0. The Kier molecular flexibility index (Phi) is 4.50. The number of hydrogen-bond donors (Lipinski definition) is 1. The molecule has 0 amide bonds. The number of H-pyrrole nitrogens is 1. The Morgan fingerprint density at radius 2 is 2.26 bits per heavy atom. The van der Waals surface area contributed by atoms with E-state index in [0.29, 0.717) is 10.0 Å². The second-order valence-electron chi connectivity index (χ2n) is 3.49. The minimum atomic E-state index is -0.592. The molecule has 0 spiro atoms. The predicted octanol–water partition coefficient (Wildman–Crippen LogP) is 3.15. The Labute approximate surface area is 130 Å². The summed E-state index contributed by atoms with van der Waals surface area (Å²) in [6.07, 6.45) is 0. The summed E-state index contributed by atoms with van der Waals surface area (Å²) in [5.41, 5.74) is 0.800. The van der Waals surface area contributed by atoms with E-state index < -0.39 is 11.8 Å². The Morgan fingerprint density at radius 1 is 1.53 bits per heavy atom. The van der Waals surface area contributed by atoms with Crippen LogP contribution in [0.2, 0.25) is 0 Å². The third-order valence-electron chi connectivity index (χ3n) is 2.28. The molecule has 100 valence electrons. The minimum Gasteiger partial charge on any atom is -0.461 e. The number of ether oxygens (including phenoxy) is 1. The number of carbonyl (C=O) groups excluding carboxylic acids is 1. The van der Waals surface area contributed by atoms with Crippen LogP contribution in [0.4, 0.5) is 4.39 Å². The van der Waals surface area contributed by atoms with Gasteiger partial charge in [-0.2, -0.15) is 10.3 Å². The lowest BCUT2D eigenvalue weighted by Gasteiger charge is -2.05. The fourth-order valence-electron chi connectivity index (χ4n) is 1.46. The fraction of sp³-hybridized carbons (Fsp3) is 0.182. The zero-order valence-corrected chi connectivity index (χ0v) is 13.5. The molecule has 0 unspecified atom stereocenters. The summed E-state index contributed by atoms with van der Waals surface area (Å²) in [6.45, 7) is 1.93. The topological polar surface area (TPSA) is 67.9 Å². The minimum absolute atomic E-state index is 0.0430. The van der Waals surface area contributed by atoms with E-state index in [9.17, 15) is 9.18 Å². The molecule has 0 radical (unpaired) electrons. The smallest absolute Gasteiger partial charge is 0.361 e. The second kappa shape index (κ2) is 5.95. The Morgan fingerprint density at radius 3 is 2.95 bits per heavy atom. The molecule has 0 aliphatic rings. The molecule has 0 aliphatic carbocycles. The van der Waals surface area contributed by atoms with E-state index in [2.05, 4.69) is 31.3 Å². The maximum absolute atomic E-state index is 13.6. The predicted molar refractivity (Wildman–Crippen MR) is 78.2 cm³/mol. The van der Waals surface area contributed by atoms with Gasteiger partial charge in [0.25, 0.3) is 0 Å². The summed E-state index contributed by atoms with van der Waals surface area (Å²) in [5, 5.41) is 10.0. The lowest BCUT2D eigenvalue weighted by Crippen LogP contribution is -2.07. The molecule has 1 aromatic heterocycles. The van der Waals surface area contributed by atoms with Gasteiger partial charge in [0.05, 0.1) is 11.1 Å². The van der Waals surface area contributed by atoms with Crippen LogP contribution in [0, 0.1) is 9.39 Å². The van der Waals surface area contributed by atoms with E-state index >= 15 is 0 Å². The highest BCUT2D eigenvalue weighted by Gasteiger charge is 2.21. The molecule has 2 rings (SSSR count). The molecule has 0 fully saturated rings. The number of benzene rings is 1. The number of aromatic amines is 1. The number of hydrogen-bond acceptors (Lipinski definition) is 4. The first-order chi connectivity index (χ1) is 9.04. The standard InChI is InChI=1S/C11H8BrFIN3O2/c1-2-19-11(18)10-9(15-17-16-10)5-3-7(13)6(12)4-8(5)14/h3-4H,2H2,1H3,(H,15,16,17). The van der Waals surface area contributed by atoms with Gasteiger partial charge in [0.1, 0.15) is 11.5 Å². The van der Waals surface area contributed by atoms with Crippen molar-refractivity contribution >= 4 is 44.5 Å². The first-order valence-electron chi connectivity index (χ1n) is 5.27. The highest BCUT2D eigenvalue weighted by atomic mass is 127. The number of rotatable bonds is 3. The van der Waals surface area contributed by atoms with Gasteiger partial charge in [0.2, 0.25) is 0 Å². The number of halogens is 3. The van der Waals surface area contributed by atoms with Crippen LogP contribution in [-0.2, 0) is 4.74 Å². The van der Waals surface area contributed by atoms with Crippen LogP contribution >= 0.6 is 38.5 Å². The lowest BCUT2D eigenvalue weighted by atomic mass is 10.1. The second-order valence-corrected chi connectivity index (χ2v) is 5.50. The highest BCUT2D eigenvalue weighted by Crippen LogP contribution is 2.30. The van der Waals surface area contributed by atoms with Crippen LogP contribution in [0.3, 0.4) is 0 Å². The summed E-state index contributed by atoms with van der Waals surface area (Å²) in [7, 11) is 0. The van der Waals surface area contributed by atoms with Gasteiger partial charge in [-0.3, -0.25) is 0 Å². The molecule has 0 bridgehead atoms. The van der Waals surface area contributed by atoms with Gasteiger partial charge >= 0.3 is 5.97 Å². The van der Waals surface area contributed by atoms with E-state index in [1.165, 1.54) is 6.07 Å². The SMILES string of the molecule is CCOC(=O)c1n[nH]nc1-c1cc(F)c(Br)cc1I. The first kappa shape index (κ1) is 14.4. The number of nitrogens with zero attached hydrogens (tertiary/aromatic N) is 2. The first-order valence-corrected chi connectivity index (χ1v) is 7.14. The molecule has 5 nitrogen and oxygen atoms in total. The van der Waals surface area contributed by atoms with E-state index in [1.54, 1.807) is 13.0 Å². The Bertz CT molecular complexity index is 632. The third-order valence-corrected chi connectivity index (χ3v) is 3.78. The quantitative estimate of drug-likeness (QED) is 0.453. The van der Waals surface area contributed by atoms with Crippen molar-refractivity contribution in [2.24, 2.45) is 0 Å². The van der Waals surface area contributed by atoms with Crippen LogP contribution in [0.25, 0.3) is 11.3 Å². The fourth-order valence-corrected chi connectivity index (χ4v) is 2.96. The maximum Gasteiger partial charge on any atom is 0.361 e. The van der Waals surface area contributed by atoms with Gasteiger partial charge in [0, 0.05) is 9.13 Å². The molecular weight excluding hydrogens is 432 g/mol. The van der Waals surface area contributed by atoms with Crippen molar-refractivity contribution in [1.82, 2.24) is 15.4 Å². The van der Waals surface area contributed by atoms with E-state index in [4.69, 9.17) is 4.74 Å². The van der Waals surface area contributed by atoms with Gasteiger partial charge in [-0.1, -0.05) is 0 Å². The monoisotopic (exact) mass is 439 g/mol. The van der Waals surface area contributed by atoms with Crippen molar-refractivity contribution in [2.45, 2.75) is 6.92 Å². The normalized spacial score (nSPS) is 10.5. The van der Waals surface area contributed by atoms with Gasteiger partial charge in [0.15, 0.2) is 5.69 Å². The lowest BCUT2D eigenvalue weighted by molar-refractivity contribution is 0.0520. The molecule has 0 saturated carbocycles. The summed E-state index contributed by atoms with van der Waals surface area (Å²) in [4.78, 5) is 11.7. The molecule has 1 N–H and O–H groups in total. The van der Waals surface area contributed by atoms with Crippen molar-refractivity contribution in [3.8, 4) is 11.3 Å².